The van der Waals surface area contributed by atoms with Crippen molar-refractivity contribution in [3.63, 3.8) is 0 Å². The van der Waals surface area contributed by atoms with Gasteiger partial charge in [-0.15, -0.1) is 0 Å². The zero-order valence-corrected chi connectivity index (χ0v) is 29.8. The average molecular weight is 749 g/mol. The van der Waals surface area contributed by atoms with E-state index < -0.39 is 68.1 Å². The Morgan fingerprint density at radius 2 is 1.47 bits per heavy atom. The molecule has 8 N–H and O–H groups in total. The summed E-state index contributed by atoms with van der Waals surface area (Å²) >= 11 is 0. The molecule has 0 aliphatic carbocycles. The summed E-state index contributed by atoms with van der Waals surface area (Å²) in [5, 5.41) is 82.0. The first-order valence-electron chi connectivity index (χ1n) is 17.0. The van der Waals surface area contributed by atoms with E-state index >= 15 is 0 Å². The van der Waals surface area contributed by atoms with E-state index in [1.54, 1.807) is 12.1 Å². The van der Waals surface area contributed by atoms with Crippen LogP contribution in [0, 0.1) is 0 Å². The quantitative estimate of drug-likeness (QED) is 0.0956. The lowest BCUT2D eigenvalue weighted by Gasteiger charge is -2.40. The van der Waals surface area contributed by atoms with Crippen molar-refractivity contribution in [2.24, 2.45) is 0 Å². The molecule has 2 aliphatic rings. The maximum absolute atomic E-state index is 11.2. The summed E-state index contributed by atoms with van der Waals surface area (Å²) in [6.07, 6.45) is -9.78. The number of rotatable bonds is 17. The molecular formula is C37H48O16. The predicted octanol–water partition coefficient (Wildman–Crippen LogP) is 0.859. The Bertz CT molecular complexity index is 1640. The molecule has 3 aromatic carbocycles. The van der Waals surface area contributed by atoms with Crippen LogP contribution in [0.4, 0.5) is 0 Å². The summed E-state index contributed by atoms with van der Waals surface area (Å²) in [5.74, 6) is 0.621. The molecule has 16 heteroatoms. The minimum atomic E-state index is -1.64. The number of hydrogen-bond acceptors (Lipinski definition) is 16. The summed E-state index contributed by atoms with van der Waals surface area (Å²) < 4.78 is 46.6. The van der Waals surface area contributed by atoms with E-state index in [-0.39, 0.29) is 42.0 Å². The van der Waals surface area contributed by atoms with Crippen LogP contribution in [0.3, 0.4) is 0 Å². The van der Waals surface area contributed by atoms with E-state index in [0.717, 1.165) is 5.56 Å². The number of fused-ring (bicyclic) bond motifs is 1. The molecule has 292 valence electrons. The molecule has 0 amide bonds. The summed E-state index contributed by atoms with van der Waals surface area (Å²) in [7, 11) is 5.68. The van der Waals surface area contributed by atoms with Crippen molar-refractivity contribution in [1.82, 2.24) is 0 Å². The lowest BCUT2D eigenvalue weighted by atomic mass is 9.89. The summed E-state index contributed by atoms with van der Waals surface area (Å²) in [4.78, 5) is 0. The van der Waals surface area contributed by atoms with Crippen LogP contribution in [0.15, 0.2) is 42.5 Å². The number of aryl methyl sites for hydroxylation is 1. The molecule has 3 aromatic rings. The van der Waals surface area contributed by atoms with Gasteiger partial charge in [0, 0.05) is 17.7 Å². The number of benzene rings is 3. The Kier molecular flexibility index (Phi) is 13.5. The lowest BCUT2D eigenvalue weighted by Crippen LogP contribution is -2.59. The second-order valence-electron chi connectivity index (χ2n) is 12.7. The van der Waals surface area contributed by atoms with E-state index in [1.165, 1.54) is 46.6 Å². The van der Waals surface area contributed by atoms with Crippen LogP contribution in [0.2, 0.25) is 0 Å². The Morgan fingerprint density at radius 1 is 0.792 bits per heavy atom. The van der Waals surface area contributed by atoms with Gasteiger partial charge in [-0.3, -0.25) is 0 Å². The average Bonchev–Trinajstić information content (AvgIpc) is 3.55. The van der Waals surface area contributed by atoms with Crippen LogP contribution in [0.1, 0.15) is 46.8 Å². The smallest absolute Gasteiger partial charge is 0.204 e. The first kappa shape index (κ1) is 40.1. The van der Waals surface area contributed by atoms with Crippen molar-refractivity contribution in [2.75, 3.05) is 54.9 Å². The highest BCUT2D eigenvalue weighted by molar-refractivity contribution is 5.59. The Hall–Kier alpha value is -4.10. The molecule has 1 fully saturated rings. The van der Waals surface area contributed by atoms with Crippen LogP contribution in [0.25, 0.3) is 0 Å². The molecule has 2 aliphatic heterocycles. The SMILES string of the molecule is COc1cc([C@@H](O)[C@H](CO)Oc2c(OC)cc([C@@H]3Oc4c(OC)cc(CCCO)cc4[C@H]3CO[C@@H]3O[C@H](CO)[C@@H](O)[C@H](O)[C@H]3O)cc2OC)ccc1O. The van der Waals surface area contributed by atoms with Gasteiger partial charge in [-0.1, -0.05) is 12.1 Å². The largest absolute Gasteiger partial charge is 0.504 e. The molecule has 5 rings (SSSR count). The van der Waals surface area contributed by atoms with E-state index in [4.69, 9.17) is 37.9 Å². The van der Waals surface area contributed by atoms with Gasteiger partial charge in [-0.25, -0.2) is 0 Å². The van der Waals surface area contributed by atoms with Gasteiger partial charge >= 0.3 is 0 Å². The highest BCUT2D eigenvalue weighted by Crippen LogP contribution is 2.53. The molecule has 0 aromatic heterocycles. The molecule has 53 heavy (non-hydrogen) atoms. The minimum Gasteiger partial charge on any atom is -0.504 e. The predicted molar refractivity (Wildman–Crippen MR) is 185 cm³/mol. The zero-order valence-electron chi connectivity index (χ0n) is 29.8. The third kappa shape index (κ3) is 8.36. The standard InChI is InChI=1S/C37H48O16/c1-46-24-12-19(7-8-23(24)41)30(42)28(15-39)51-36-26(48-3)13-20(14-27(36)49-4)34-22(17-50-37-33(45)32(44)31(43)29(16-40)52-37)21-10-18(6-5-9-38)11-25(47-2)35(21)53-34/h7-8,10-14,22,28-34,37-45H,5-6,9,15-17H2,1-4H3/t22-,28+,29-,30-,31-,32+,33-,34+,37-/m1/s1. The van der Waals surface area contributed by atoms with Crippen LogP contribution >= 0.6 is 0 Å². The second-order valence-corrected chi connectivity index (χ2v) is 12.7. The molecular weight excluding hydrogens is 700 g/mol. The highest BCUT2D eigenvalue weighted by atomic mass is 16.7. The fourth-order valence-electron chi connectivity index (χ4n) is 6.54. The van der Waals surface area contributed by atoms with Gasteiger partial charge in [-0.2, -0.15) is 0 Å². The van der Waals surface area contributed by atoms with Crippen LogP contribution < -0.4 is 28.4 Å². The molecule has 0 saturated carbocycles. The van der Waals surface area contributed by atoms with Crippen molar-refractivity contribution >= 4 is 0 Å². The molecule has 0 radical (unpaired) electrons. The number of methoxy groups -OCH3 is 4. The third-order valence-electron chi connectivity index (χ3n) is 9.44. The van der Waals surface area contributed by atoms with Gasteiger partial charge in [0.05, 0.1) is 54.2 Å². The summed E-state index contributed by atoms with van der Waals surface area (Å²) in [6, 6.07) is 11.2. The molecule has 0 unspecified atom stereocenters. The molecule has 16 nitrogen and oxygen atoms in total. The van der Waals surface area contributed by atoms with Gasteiger partial charge in [0.1, 0.15) is 36.6 Å². The van der Waals surface area contributed by atoms with E-state index in [9.17, 15) is 40.9 Å². The molecule has 0 bridgehead atoms. The van der Waals surface area contributed by atoms with Gasteiger partial charge in [0.2, 0.25) is 5.75 Å². The number of phenols is 1. The van der Waals surface area contributed by atoms with Gasteiger partial charge in [-0.05, 0) is 54.3 Å². The van der Waals surface area contributed by atoms with Crippen molar-refractivity contribution < 1.29 is 78.7 Å². The van der Waals surface area contributed by atoms with Gasteiger partial charge < -0.3 is 78.7 Å². The van der Waals surface area contributed by atoms with Crippen molar-refractivity contribution in [1.29, 1.82) is 0 Å². The minimum absolute atomic E-state index is 0.0204. The number of aromatic hydroxyl groups is 1. The van der Waals surface area contributed by atoms with Crippen LogP contribution in [-0.4, -0.2) is 133 Å². The second kappa shape index (κ2) is 17.8. The summed E-state index contributed by atoms with van der Waals surface area (Å²) in [5.41, 5.74) is 2.36. The number of phenolic OH excluding ortho intramolecular Hbond substituents is 1. The van der Waals surface area contributed by atoms with Crippen LogP contribution in [-0.2, 0) is 15.9 Å². The monoisotopic (exact) mass is 748 g/mol. The lowest BCUT2D eigenvalue weighted by molar-refractivity contribution is -0.302. The van der Waals surface area contributed by atoms with Crippen molar-refractivity contribution in [3.8, 4) is 40.2 Å². The molecule has 1 saturated heterocycles. The number of ether oxygens (including phenoxy) is 8. The van der Waals surface area contributed by atoms with E-state index in [1.807, 2.05) is 12.1 Å². The third-order valence-corrected chi connectivity index (χ3v) is 9.44. The first-order valence-corrected chi connectivity index (χ1v) is 17.0. The summed E-state index contributed by atoms with van der Waals surface area (Å²) in [6.45, 7) is -1.41. The normalized spacial score (nSPS) is 24.8. The molecule has 9 atom stereocenters. The van der Waals surface area contributed by atoms with Gasteiger partial charge in [0.15, 0.2) is 46.9 Å². The maximum Gasteiger partial charge on any atom is 0.204 e. The maximum atomic E-state index is 11.2. The van der Waals surface area contributed by atoms with Gasteiger partial charge in [0.25, 0.3) is 0 Å². The Morgan fingerprint density at radius 3 is 2.08 bits per heavy atom. The fraction of sp³-hybridized carbons (Fsp3) is 0.514. The Balaban J connectivity index is 1.51. The van der Waals surface area contributed by atoms with E-state index in [0.29, 0.717) is 41.0 Å². The zero-order chi connectivity index (χ0) is 38.4. The topological polar surface area (TPSA) is 236 Å². The van der Waals surface area contributed by atoms with E-state index in [2.05, 4.69) is 0 Å². The first-order chi connectivity index (χ1) is 25.5. The molecule has 2 heterocycles. The Labute approximate surface area is 306 Å². The number of aliphatic hydroxyl groups is 7. The van der Waals surface area contributed by atoms with Crippen LogP contribution in [0.5, 0.6) is 40.2 Å². The number of aliphatic hydroxyl groups excluding tert-OH is 7. The molecule has 0 spiro atoms. The fourth-order valence-corrected chi connectivity index (χ4v) is 6.54. The van der Waals surface area contributed by atoms with Crippen molar-refractivity contribution in [2.45, 2.75) is 67.8 Å². The highest BCUT2D eigenvalue weighted by Gasteiger charge is 2.46. The number of hydrogen-bond donors (Lipinski definition) is 8. The van der Waals surface area contributed by atoms with Crippen molar-refractivity contribution in [3.05, 3.63) is 64.7 Å².